The van der Waals surface area contributed by atoms with Crippen LogP contribution < -0.4 is 5.32 Å². The molecular weight excluding hydrogens is 446 g/mol. The highest BCUT2D eigenvalue weighted by atomic mass is 35.5. The van der Waals surface area contributed by atoms with Crippen LogP contribution in [0.15, 0.2) is 47.4 Å². The summed E-state index contributed by atoms with van der Waals surface area (Å²) in [6, 6.07) is 11.6. The van der Waals surface area contributed by atoms with Gasteiger partial charge >= 0.3 is 0 Å². The largest absolute Gasteiger partial charge is 0.322 e. The lowest BCUT2D eigenvalue weighted by molar-refractivity contribution is 0.102. The van der Waals surface area contributed by atoms with E-state index in [1.165, 1.54) is 16.4 Å². The smallest absolute Gasteiger partial charge is 0.255 e. The summed E-state index contributed by atoms with van der Waals surface area (Å²) in [6.07, 6.45) is 4.07. The summed E-state index contributed by atoms with van der Waals surface area (Å²) >= 11 is 6.62. The highest BCUT2D eigenvalue weighted by molar-refractivity contribution is 7.89. The number of amides is 1. The van der Waals surface area contributed by atoms with Gasteiger partial charge in [-0.1, -0.05) is 31.5 Å². The van der Waals surface area contributed by atoms with Crippen LogP contribution in [-0.4, -0.2) is 36.7 Å². The van der Waals surface area contributed by atoms with Crippen LogP contribution >= 0.6 is 11.6 Å². The van der Waals surface area contributed by atoms with E-state index in [0.29, 0.717) is 29.9 Å². The molecule has 0 saturated heterocycles. The average Bonchev–Trinajstić information content (AvgIpc) is 2.80. The summed E-state index contributed by atoms with van der Waals surface area (Å²) in [5.74, 6) is -0.290. The molecule has 2 aromatic carbocycles. The Morgan fingerprint density at radius 1 is 1.06 bits per heavy atom. The highest BCUT2D eigenvalue weighted by Gasteiger charge is 2.22. The second kappa shape index (κ2) is 9.17. The van der Waals surface area contributed by atoms with Crippen molar-refractivity contribution in [3.8, 4) is 0 Å². The van der Waals surface area contributed by atoms with Crippen molar-refractivity contribution in [1.82, 2.24) is 9.29 Å². The Bertz CT molecular complexity index is 1270. The van der Waals surface area contributed by atoms with E-state index in [4.69, 9.17) is 16.6 Å². The fourth-order valence-electron chi connectivity index (χ4n) is 4.13. The Balaban J connectivity index is 1.56. The van der Waals surface area contributed by atoms with Gasteiger partial charge in [0.1, 0.15) is 0 Å². The number of benzene rings is 2. The number of aryl methyl sites for hydroxylation is 1. The summed E-state index contributed by atoms with van der Waals surface area (Å²) in [5, 5.41) is 4.42. The number of pyridine rings is 1. The molecule has 0 fully saturated rings. The van der Waals surface area contributed by atoms with Crippen molar-refractivity contribution in [3.63, 3.8) is 0 Å². The minimum absolute atomic E-state index is 0.202. The van der Waals surface area contributed by atoms with Gasteiger partial charge in [-0.25, -0.2) is 8.42 Å². The van der Waals surface area contributed by atoms with Crippen molar-refractivity contribution in [1.29, 1.82) is 0 Å². The molecule has 4 rings (SSSR count). The maximum atomic E-state index is 12.8. The first kappa shape index (κ1) is 22.7. The molecule has 1 aliphatic rings. The number of aromatic nitrogens is 1. The Kier molecular flexibility index (Phi) is 6.51. The number of fused-ring (bicyclic) bond motifs is 2. The van der Waals surface area contributed by atoms with E-state index in [-0.39, 0.29) is 10.8 Å². The van der Waals surface area contributed by atoms with Gasteiger partial charge in [-0.2, -0.15) is 4.31 Å². The van der Waals surface area contributed by atoms with Crippen molar-refractivity contribution in [2.75, 3.05) is 18.4 Å². The Morgan fingerprint density at radius 3 is 2.44 bits per heavy atom. The van der Waals surface area contributed by atoms with Gasteiger partial charge in [0.15, 0.2) is 0 Å². The van der Waals surface area contributed by atoms with Crippen LogP contribution in [-0.2, 0) is 22.9 Å². The van der Waals surface area contributed by atoms with Crippen molar-refractivity contribution in [2.24, 2.45) is 0 Å². The molecule has 0 unspecified atom stereocenters. The minimum Gasteiger partial charge on any atom is -0.322 e. The van der Waals surface area contributed by atoms with Crippen molar-refractivity contribution < 1.29 is 13.2 Å². The van der Waals surface area contributed by atoms with Gasteiger partial charge in [0, 0.05) is 35.4 Å². The number of nitrogens with zero attached hydrogens (tertiary/aromatic N) is 2. The molecule has 1 N–H and O–H groups in total. The van der Waals surface area contributed by atoms with Crippen molar-refractivity contribution >= 4 is 44.1 Å². The van der Waals surface area contributed by atoms with E-state index in [2.05, 4.69) is 5.32 Å². The molecule has 1 heterocycles. The Labute approximate surface area is 193 Å². The third-order valence-electron chi connectivity index (χ3n) is 5.91. The van der Waals surface area contributed by atoms with Crippen LogP contribution in [0.25, 0.3) is 10.9 Å². The Hall–Kier alpha value is -2.48. The summed E-state index contributed by atoms with van der Waals surface area (Å²) in [6.45, 7) is 4.41. The van der Waals surface area contributed by atoms with Gasteiger partial charge in [0.2, 0.25) is 10.0 Å². The van der Waals surface area contributed by atoms with E-state index >= 15 is 0 Å². The number of halogens is 1. The molecule has 0 radical (unpaired) electrons. The summed E-state index contributed by atoms with van der Waals surface area (Å²) in [7, 11) is -3.53. The molecule has 0 bridgehead atoms. The highest BCUT2D eigenvalue weighted by Crippen LogP contribution is 2.33. The average molecular weight is 472 g/mol. The number of carbonyl (C=O) groups is 1. The summed E-state index contributed by atoms with van der Waals surface area (Å²) < 4.78 is 26.6. The maximum Gasteiger partial charge on any atom is 0.255 e. The van der Waals surface area contributed by atoms with Gasteiger partial charge in [-0.05, 0) is 67.6 Å². The lowest BCUT2D eigenvalue weighted by Gasteiger charge is -2.18. The van der Waals surface area contributed by atoms with Crippen LogP contribution in [0.2, 0.25) is 5.02 Å². The predicted octanol–water partition coefficient (Wildman–Crippen LogP) is 5.05. The van der Waals surface area contributed by atoms with Gasteiger partial charge in [-0.3, -0.25) is 9.78 Å². The first-order chi connectivity index (χ1) is 15.3. The van der Waals surface area contributed by atoms with Crippen LogP contribution in [0.5, 0.6) is 0 Å². The fourth-order valence-corrected chi connectivity index (χ4v) is 5.96. The molecule has 1 aliphatic carbocycles. The number of nitrogens with one attached hydrogen (secondary N) is 1. The van der Waals surface area contributed by atoms with E-state index in [1.54, 1.807) is 38.1 Å². The van der Waals surface area contributed by atoms with E-state index in [9.17, 15) is 13.2 Å². The second-order valence-corrected chi connectivity index (χ2v) is 10.2. The maximum absolute atomic E-state index is 12.8. The molecule has 0 saturated carbocycles. The molecule has 1 amide bonds. The van der Waals surface area contributed by atoms with E-state index in [1.807, 2.05) is 6.07 Å². The zero-order valence-corrected chi connectivity index (χ0v) is 19.8. The molecule has 3 aromatic rings. The molecule has 1 aromatic heterocycles. The van der Waals surface area contributed by atoms with Gasteiger partial charge in [0.05, 0.1) is 15.4 Å². The summed E-state index contributed by atoms with van der Waals surface area (Å²) in [5.41, 5.74) is 3.85. The third kappa shape index (κ3) is 4.25. The van der Waals surface area contributed by atoms with Crippen LogP contribution in [0.3, 0.4) is 0 Å². The zero-order valence-electron chi connectivity index (χ0n) is 18.2. The van der Waals surface area contributed by atoms with E-state index in [0.717, 1.165) is 47.3 Å². The standard InChI is InChI=1S/C24H26ClN3O3S/c1-3-28(4-2)32(30,31)18-12-10-17(11-13-18)26-24(29)16-9-14-20-22(15-16)27-21-8-6-5-7-19(21)23(20)25/h9-15H,3-8H2,1-2H3,(H,26,29). The number of anilines is 1. The van der Waals surface area contributed by atoms with Crippen molar-refractivity contribution in [3.05, 3.63) is 64.3 Å². The van der Waals surface area contributed by atoms with Crippen LogP contribution in [0.4, 0.5) is 5.69 Å². The molecular formula is C24H26ClN3O3S. The van der Waals surface area contributed by atoms with E-state index < -0.39 is 10.0 Å². The molecule has 0 aliphatic heterocycles. The zero-order chi connectivity index (χ0) is 22.9. The monoisotopic (exact) mass is 471 g/mol. The number of carbonyl (C=O) groups excluding carboxylic acids is 1. The minimum atomic E-state index is -3.53. The van der Waals surface area contributed by atoms with Crippen LogP contribution in [0.1, 0.15) is 48.3 Å². The second-order valence-electron chi connectivity index (χ2n) is 7.86. The normalized spacial score (nSPS) is 13.9. The summed E-state index contributed by atoms with van der Waals surface area (Å²) in [4.78, 5) is 17.8. The number of hydrogen-bond acceptors (Lipinski definition) is 4. The first-order valence-corrected chi connectivity index (χ1v) is 12.7. The SMILES string of the molecule is CCN(CC)S(=O)(=O)c1ccc(NC(=O)c2ccc3c(Cl)c4c(nc3c2)CCCC4)cc1. The third-order valence-corrected chi connectivity index (χ3v) is 8.41. The topological polar surface area (TPSA) is 79.4 Å². The quantitative estimate of drug-likeness (QED) is 0.545. The number of hydrogen-bond donors (Lipinski definition) is 1. The molecule has 6 nitrogen and oxygen atoms in total. The van der Waals surface area contributed by atoms with Gasteiger partial charge in [-0.15, -0.1) is 0 Å². The predicted molar refractivity (Wildman–Crippen MR) is 128 cm³/mol. The van der Waals surface area contributed by atoms with Crippen LogP contribution in [0, 0.1) is 0 Å². The van der Waals surface area contributed by atoms with Crippen molar-refractivity contribution in [2.45, 2.75) is 44.4 Å². The van der Waals surface area contributed by atoms with Gasteiger partial charge in [0.25, 0.3) is 5.91 Å². The fraction of sp³-hybridized carbons (Fsp3) is 0.333. The molecule has 168 valence electrons. The number of sulfonamides is 1. The lowest BCUT2D eigenvalue weighted by Crippen LogP contribution is -2.30. The lowest BCUT2D eigenvalue weighted by atomic mass is 9.94. The molecule has 32 heavy (non-hydrogen) atoms. The molecule has 8 heteroatoms. The molecule has 0 spiro atoms. The first-order valence-electron chi connectivity index (χ1n) is 10.9. The van der Waals surface area contributed by atoms with Gasteiger partial charge < -0.3 is 5.32 Å². The molecule has 0 atom stereocenters. The Morgan fingerprint density at radius 2 is 1.75 bits per heavy atom. The number of rotatable bonds is 6.